The molecule has 1 aromatic heterocycles. The molecule has 2 aliphatic rings. The van der Waals surface area contributed by atoms with E-state index < -0.39 is 0 Å². The Labute approximate surface area is 151 Å². The molecule has 136 valence electrons. The van der Waals surface area contributed by atoms with Crippen LogP contribution < -0.4 is 0 Å². The van der Waals surface area contributed by atoms with Gasteiger partial charge in [-0.2, -0.15) is 0 Å². The zero-order chi connectivity index (χ0) is 17.1. The fourth-order valence-electron chi connectivity index (χ4n) is 4.83. The molecule has 0 bridgehead atoms. The zero-order valence-electron chi connectivity index (χ0n) is 15.3. The average molecular weight is 341 g/mol. The average Bonchev–Trinajstić information content (AvgIpc) is 3.06. The van der Waals surface area contributed by atoms with Crippen molar-refractivity contribution in [2.75, 3.05) is 19.6 Å². The molecule has 0 amide bonds. The Morgan fingerprint density at radius 1 is 0.920 bits per heavy atom. The zero-order valence-corrected chi connectivity index (χ0v) is 15.3. The maximum atomic E-state index is 10.6. The highest BCUT2D eigenvalue weighted by molar-refractivity contribution is 5.82. The molecule has 0 spiro atoms. The second-order valence-electron chi connectivity index (χ2n) is 8.29. The highest BCUT2D eigenvalue weighted by Gasteiger charge is 2.26. The van der Waals surface area contributed by atoms with Crippen molar-refractivity contribution in [1.29, 1.82) is 0 Å². The Balaban J connectivity index is 1.25. The lowest BCUT2D eigenvalue weighted by atomic mass is 9.85. The van der Waals surface area contributed by atoms with Gasteiger partial charge in [-0.05, 0) is 61.4 Å². The molecule has 2 fully saturated rings. The largest absolute Gasteiger partial charge is 0.392 e. The molecule has 4 rings (SSSR count). The van der Waals surface area contributed by atoms with Crippen LogP contribution in [0.2, 0.25) is 0 Å². The van der Waals surface area contributed by atoms with Gasteiger partial charge in [-0.25, -0.2) is 0 Å². The number of likely N-dealkylation sites (tertiary alicyclic amines) is 1. The number of aliphatic hydroxyl groups is 1. The number of nitrogens with zero attached hydrogens (tertiary/aromatic N) is 2. The SMILES string of the molecule is OC(CN1CCC(Cn2cc3ccccc3c2)CC1)C1CCCCC1. The van der Waals surface area contributed by atoms with Crippen LogP contribution in [-0.4, -0.2) is 40.3 Å². The van der Waals surface area contributed by atoms with Crippen molar-refractivity contribution in [2.24, 2.45) is 11.8 Å². The fourth-order valence-corrected chi connectivity index (χ4v) is 4.83. The number of fused-ring (bicyclic) bond motifs is 1. The van der Waals surface area contributed by atoms with Crippen LogP contribution in [0.5, 0.6) is 0 Å². The van der Waals surface area contributed by atoms with Crippen molar-refractivity contribution in [3.63, 3.8) is 0 Å². The Hall–Kier alpha value is -1.32. The van der Waals surface area contributed by atoms with Crippen molar-refractivity contribution in [1.82, 2.24) is 9.47 Å². The molecule has 1 atom stereocenters. The molecule has 1 unspecified atom stereocenters. The van der Waals surface area contributed by atoms with E-state index in [0.717, 1.165) is 32.1 Å². The van der Waals surface area contributed by atoms with Crippen molar-refractivity contribution in [2.45, 2.75) is 57.6 Å². The molecule has 2 aromatic rings. The van der Waals surface area contributed by atoms with Crippen LogP contribution in [0.3, 0.4) is 0 Å². The highest BCUT2D eigenvalue weighted by atomic mass is 16.3. The predicted octanol–water partition coefficient (Wildman–Crippen LogP) is 4.29. The van der Waals surface area contributed by atoms with Gasteiger partial charge in [0.05, 0.1) is 6.10 Å². The first-order valence-corrected chi connectivity index (χ1v) is 10.2. The maximum Gasteiger partial charge on any atom is 0.0695 e. The van der Waals surface area contributed by atoms with Crippen LogP contribution in [0.4, 0.5) is 0 Å². The number of hydrogen-bond acceptors (Lipinski definition) is 2. The van der Waals surface area contributed by atoms with Crippen LogP contribution in [0.1, 0.15) is 44.9 Å². The van der Waals surface area contributed by atoms with Gasteiger partial charge in [-0.15, -0.1) is 0 Å². The first-order chi connectivity index (χ1) is 12.3. The molecule has 1 aliphatic carbocycles. The van der Waals surface area contributed by atoms with Crippen molar-refractivity contribution in [3.8, 4) is 0 Å². The molecule has 1 saturated heterocycles. The van der Waals surface area contributed by atoms with Crippen LogP contribution >= 0.6 is 0 Å². The third-order valence-electron chi connectivity index (χ3n) is 6.42. The summed E-state index contributed by atoms with van der Waals surface area (Å²) in [5.41, 5.74) is 0. The lowest BCUT2D eigenvalue weighted by Crippen LogP contribution is -2.42. The summed E-state index contributed by atoms with van der Waals surface area (Å²) in [5.74, 6) is 1.32. The lowest BCUT2D eigenvalue weighted by molar-refractivity contribution is 0.0354. The molecule has 0 radical (unpaired) electrons. The van der Waals surface area contributed by atoms with Crippen molar-refractivity contribution < 1.29 is 5.11 Å². The van der Waals surface area contributed by atoms with E-state index in [2.05, 4.69) is 46.1 Å². The van der Waals surface area contributed by atoms with Crippen molar-refractivity contribution >= 4 is 10.8 Å². The quantitative estimate of drug-likeness (QED) is 0.879. The maximum absolute atomic E-state index is 10.6. The van der Waals surface area contributed by atoms with E-state index in [1.165, 1.54) is 55.7 Å². The van der Waals surface area contributed by atoms with E-state index in [1.54, 1.807) is 0 Å². The number of rotatable bonds is 5. The second-order valence-corrected chi connectivity index (χ2v) is 8.29. The normalized spacial score (nSPS) is 22.4. The van der Waals surface area contributed by atoms with E-state index in [9.17, 15) is 5.11 Å². The van der Waals surface area contributed by atoms with Gasteiger partial charge in [0.1, 0.15) is 0 Å². The van der Waals surface area contributed by atoms with Gasteiger partial charge < -0.3 is 14.6 Å². The summed E-state index contributed by atoms with van der Waals surface area (Å²) in [5, 5.41) is 13.2. The number of hydrogen-bond donors (Lipinski definition) is 1. The third kappa shape index (κ3) is 4.27. The summed E-state index contributed by atoms with van der Waals surface area (Å²) in [6.07, 6.45) is 13.4. The molecule has 3 nitrogen and oxygen atoms in total. The summed E-state index contributed by atoms with van der Waals surface area (Å²) in [6.45, 7) is 4.32. The van der Waals surface area contributed by atoms with E-state index in [4.69, 9.17) is 0 Å². The topological polar surface area (TPSA) is 28.4 Å². The number of β-amino-alcohol motifs (C(OH)–C–C–N with tert-alkyl or cyclic N) is 1. The monoisotopic (exact) mass is 340 g/mol. The van der Waals surface area contributed by atoms with E-state index >= 15 is 0 Å². The van der Waals surface area contributed by atoms with Crippen LogP contribution in [0, 0.1) is 11.8 Å². The first kappa shape index (κ1) is 17.1. The molecule has 1 saturated carbocycles. The van der Waals surface area contributed by atoms with Crippen molar-refractivity contribution in [3.05, 3.63) is 36.7 Å². The number of piperidine rings is 1. The minimum Gasteiger partial charge on any atom is -0.392 e. The molecule has 1 N–H and O–H groups in total. The van der Waals surface area contributed by atoms with Gasteiger partial charge in [-0.3, -0.25) is 0 Å². The third-order valence-corrected chi connectivity index (χ3v) is 6.42. The minimum absolute atomic E-state index is 0.105. The second kappa shape index (κ2) is 7.92. The van der Waals surface area contributed by atoms with Gasteiger partial charge >= 0.3 is 0 Å². The molecule has 1 aliphatic heterocycles. The number of benzene rings is 1. The van der Waals surface area contributed by atoms with E-state index in [-0.39, 0.29) is 6.10 Å². The smallest absolute Gasteiger partial charge is 0.0695 e. The summed E-state index contributed by atoms with van der Waals surface area (Å²) in [4.78, 5) is 2.50. The first-order valence-electron chi connectivity index (χ1n) is 10.2. The molecule has 25 heavy (non-hydrogen) atoms. The van der Waals surface area contributed by atoms with Gasteiger partial charge in [0, 0.05) is 25.5 Å². The van der Waals surface area contributed by atoms with E-state index in [0.29, 0.717) is 5.92 Å². The Bertz CT molecular complexity index is 632. The Kier molecular flexibility index (Phi) is 5.42. The molecule has 1 aromatic carbocycles. The van der Waals surface area contributed by atoms with Gasteiger partial charge in [-0.1, -0.05) is 43.5 Å². The number of aliphatic hydroxyl groups excluding tert-OH is 1. The van der Waals surface area contributed by atoms with Gasteiger partial charge in [0.2, 0.25) is 0 Å². The standard InChI is InChI=1S/C22H32N2O/c25-22(19-6-2-1-3-7-19)17-23-12-10-18(11-13-23)14-24-15-20-8-4-5-9-21(20)16-24/h4-5,8-9,15-16,18-19,22,25H,1-3,6-7,10-14,17H2. The van der Waals surface area contributed by atoms with Crippen LogP contribution in [-0.2, 0) is 6.54 Å². The highest BCUT2D eigenvalue weighted by Crippen LogP contribution is 2.28. The molecule has 2 heterocycles. The fraction of sp³-hybridized carbons (Fsp3) is 0.636. The van der Waals surface area contributed by atoms with E-state index in [1.807, 2.05) is 0 Å². The Morgan fingerprint density at radius 2 is 1.56 bits per heavy atom. The summed E-state index contributed by atoms with van der Waals surface area (Å²) < 4.78 is 2.38. The predicted molar refractivity (Wildman–Crippen MR) is 104 cm³/mol. The Morgan fingerprint density at radius 3 is 2.20 bits per heavy atom. The summed E-state index contributed by atoms with van der Waals surface area (Å²) >= 11 is 0. The van der Waals surface area contributed by atoms with Gasteiger partial charge in [0.25, 0.3) is 0 Å². The molecular formula is C22H32N2O. The minimum atomic E-state index is -0.105. The molecule has 3 heteroatoms. The number of aromatic nitrogens is 1. The van der Waals surface area contributed by atoms with Crippen LogP contribution in [0.15, 0.2) is 36.7 Å². The van der Waals surface area contributed by atoms with Gasteiger partial charge in [0.15, 0.2) is 0 Å². The lowest BCUT2D eigenvalue weighted by Gasteiger charge is -2.36. The van der Waals surface area contributed by atoms with Crippen LogP contribution in [0.25, 0.3) is 10.8 Å². The summed E-state index contributed by atoms with van der Waals surface area (Å²) in [7, 11) is 0. The molecular weight excluding hydrogens is 308 g/mol. The summed E-state index contributed by atoms with van der Waals surface area (Å²) in [6, 6.07) is 8.62.